The lowest BCUT2D eigenvalue weighted by molar-refractivity contribution is 0.423. The van der Waals surface area contributed by atoms with E-state index in [0.29, 0.717) is 31.9 Å². The van der Waals surface area contributed by atoms with Crippen LogP contribution in [0.25, 0.3) is 22.1 Å². The van der Waals surface area contributed by atoms with Gasteiger partial charge in [-0.3, -0.25) is 0 Å². The topological polar surface area (TPSA) is 59.7 Å². The molecular formula is C30H36Cl4N6. The SMILES string of the molecule is Clc1cc2nc(C3CCNCC3)n(CCCCCCn3c(C4CCNCC4)nc4cc(Cl)c(Cl)cc43)c2cc1Cl. The lowest BCUT2D eigenvalue weighted by atomic mass is 9.97. The van der Waals surface area contributed by atoms with E-state index in [9.17, 15) is 0 Å². The summed E-state index contributed by atoms with van der Waals surface area (Å²) in [5, 5.41) is 9.25. The Balaban J connectivity index is 1.13. The van der Waals surface area contributed by atoms with Crippen molar-refractivity contribution in [2.45, 2.75) is 76.3 Å². The third kappa shape index (κ3) is 5.99. The lowest BCUT2D eigenvalue weighted by Crippen LogP contribution is -2.28. The quantitative estimate of drug-likeness (QED) is 0.185. The number of piperidine rings is 2. The van der Waals surface area contributed by atoms with Crippen molar-refractivity contribution >= 4 is 68.5 Å². The Morgan fingerprint density at radius 1 is 0.575 bits per heavy atom. The molecule has 10 heteroatoms. The van der Waals surface area contributed by atoms with E-state index < -0.39 is 0 Å². The molecule has 0 unspecified atom stereocenters. The zero-order valence-corrected chi connectivity index (χ0v) is 25.7. The first-order valence-electron chi connectivity index (χ1n) is 14.6. The van der Waals surface area contributed by atoms with Crippen molar-refractivity contribution in [1.82, 2.24) is 29.7 Å². The molecule has 0 amide bonds. The van der Waals surface area contributed by atoms with Gasteiger partial charge in [0.15, 0.2) is 0 Å². The number of benzene rings is 2. The number of aryl methyl sites for hydroxylation is 2. The van der Waals surface area contributed by atoms with Crippen LogP contribution in [-0.2, 0) is 13.1 Å². The fourth-order valence-electron chi connectivity index (χ4n) is 6.42. The zero-order valence-electron chi connectivity index (χ0n) is 22.7. The number of rotatable bonds is 9. The molecule has 2 N–H and O–H groups in total. The Labute approximate surface area is 255 Å². The molecule has 2 aliphatic heterocycles. The van der Waals surface area contributed by atoms with E-state index in [4.69, 9.17) is 56.4 Å². The fraction of sp³-hybridized carbons (Fsp3) is 0.533. The van der Waals surface area contributed by atoms with Gasteiger partial charge >= 0.3 is 0 Å². The minimum absolute atomic E-state index is 0.467. The maximum atomic E-state index is 6.43. The number of halogens is 4. The van der Waals surface area contributed by atoms with E-state index in [0.717, 1.165) is 113 Å². The van der Waals surface area contributed by atoms with Crippen LogP contribution in [0.1, 0.15) is 74.9 Å². The predicted octanol–water partition coefficient (Wildman–Crippen LogP) is 8.19. The molecule has 2 fully saturated rings. The third-order valence-corrected chi connectivity index (χ3v) is 10.0. The van der Waals surface area contributed by atoms with Gasteiger partial charge in [-0.1, -0.05) is 59.2 Å². The van der Waals surface area contributed by atoms with E-state index in [2.05, 4.69) is 19.8 Å². The molecular weight excluding hydrogens is 586 g/mol. The normalized spacial score (nSPS) is 17.4. The van der Waals surface area contributed by atoms with Crippen LogP contribution in [0.15, 0.2) is 24.3 Å². The van der Waals surface area contributed by atoms with Crippen molar-refractivity contribution in [3.8, 4) is 0 Å². The molecule has 0 bridgehead atoms. The van der Waals surface area contributed by atoms with Gasteiger partial charge in [0.05, 0.1) is 42.2 Å². The van der Waals surface area contributed by atoms with Gasteiger partial charge in [0, 0.05) is 24.9 Å². The Morgan fingerprint density at radius 3 is 1.35 bits per heavy atom. The van der Waals surface area contributed by atoms with Gasteiger partial charge in [-0.15, -0.1) is 0 Å². The molecule has 0 atom stereocenters. The molecule has 214 valence electrons. The van der Waals surface area contributed by atoms with Gasteiger partial charge in [-0.05, 0) is 89.0 Å². The summed E-state index contributed by atoms with van der Waals surface area (Å²) in [4.78, 5) is 10.1. The molecule has 40 heavy (non-hydrogen) atoms. The first kappa shape index (κ1) is 28.6. The molecule has 0 saturated carbocycles. The highest BCUT2D eigenvalue weighted by Crippen LogP contribution is 2.35. The van der Waals surface area contributed by atoms with Gasteiger partial charge in [-0.25, -0.2) is 9.97 Å². The Morgan fingerprint density at radius 2 is 0.950 bits per heavy atom. The van der Waals surface area contributed by atoms with Crippen LogP contribution in [0.5, 0.6) is 0 Å². The smallest absolute Gasteiger partial charge is 0.113 e. The van der Waals surface area contributed by atoms with Gasteiger partial charge in [0.25, 0.3) is 0 Å². The van der Waals surface area contributed by atoms with Crippen LogP contribution >= 0.6 is 46.4 Å². The summed E-state index contributed by atoms with van der Waals surface area (Å²) in [7, 11) is 0. The minimum Gasteiger partial charge on any atom is -0.328 e. The number of nitrogens with one attached hydrogen (secondary N) is 2. The second kappa shape index (κ2) is 12.8. The summed E-state index contributed by atoms with van der Waals surface area (Å²) < 4.78 is 4.80. The van der Waals surface area contributed by atoms with Gasteiger partial charge < -0.3 is 19.8 Å². The molecule has 4 aromatic rings. The second-order valence-corrected chi connectivity index (χ2v) is 12.8. The second-order valence-electron chi connectivity index (χ2n) is 11.2. The lowest BCUT2D eigenvalue weighted by Gasteiger charge is -2.23. The number of hydrogen-bond acceptors (Lipinski definition) is 4. The van der Waals surface area contributed by atoms with Crippen molar-refractivity contribution in [2.75, 3.05) is 26.2 Å². The molecule has 0 spiro atoms. The summed E-state index contributed by atoms with van der Waals surface area (Å²) in [6.07, 6.45) is 8.92. The summed E-state index contributed by atoms with van der Waals surface area (Å²) in [6, 6.07) is 7.80. The fourth-order valence-corrected chi connectivity index (χ4v) is 7.06. The van der Waals surface area contributed by atoms with Crippen LogP contribution in [0.4, 0.5) is 0 Å². The van der Waals surface area contributed by atoms with E-state index in [1.807, 2.05) is 24.3 Å². The highest BCUT2D eigenvalue weighted by Gasteiger charge is 2.24. The highest BCUT2D eigenvalue weighted by atomic mass is 35.5. The van der Waals surface area contributed by atoms with Crippen molar-refractivity contribution in [2.24, 2.45) is 0 Å². The standard InChI is InChI=1S/C30H36Cl4N6/c31-21-15-25-27(17-23(21)33)39(29(37-25)19-5-9-35-10-6-19)13-3-1-2-4-14-40-28-18-24(34)22(32)16-26(28)38-30(40)20-7-11-36-12-8-20/h15-20,35-36H,1-14H2. The molecule has 2 aromatic carbocycles. The molecule has 4 heterocycles. The average Bonchev–Trinajstić information content (AvgIpc) is 3.49. The molecule has 6 nitrogen and oxygen atoms in total. The van der Waals surface area contributed by atoms with Gasteiger partial charge in [-0.2, -0.15) is 0 Å². The van der Waals surface area contributed by atoms with Crippen LogP contribution in [0.2, 0.25) is 20.1 Å². The summed E-state index contributed by atoms with van der Waals surface area (Å²) in [6.45, 7) is 6.03. The molecule has 2 aliphatic rings. The van der Waals surface area contributed by atoms with E-state index in [1.54, 1.807) is 0 Å². The summed E-state index contributed by atoms with van der Waals surface area (Å²) in [5.41, 5.74) is 4.07. The monoisotopic (exact) mass is 620 g/mol. The van der Waals surface area contributed by atoms with Crippen LogP contribution in [0.3, 0.4) is 0 Å². The van der Waals surface area contributed by atoms with Crippen LogP contribution < -0.4 is 10.6 Å². The van der Waals surface area contributed by atoms with Crippen molar-refractivity contribution in [3.05, 3.63) is 56.0 Å². The number of nitrogens with zero attached hydrogens (tertiary/aromatic N) is 4. The zero-order chi connectivity index (χ0) is 27.6. The Bertz CT molecular complexity index is 1370. The van der Waals surface area contributed by atoms with E-state index in [-0.39, 0.29) is 0 Å². The highest BCUT2D eigenvalue weighted by molar-refractivity contribution is 6.43. The number of aromatic nitrogens is 4. The Kier molecular flexibility index (Phi) is 9.12. The minimum atomic E-state index is 0.467. The first-order chi connectivity index (χ1) is 19.5. The summed E-state index contributed by atoms with van der Waals surface area (Å²) in [5.74, 6) is 3.30. The van der Waals surface area contributed by atoms with E-state index >= 15 is 0 Å². The number of imidazole rings is 2. The van der Waals surface area contributed by atoms with Gasteiger partial charge in [0.2, 0.25) is 0 Å². The predicted molar refractivity (Wildman–Crippen MR) is 168 cm³/mol. The van der Waals surface area contributed by atoms with Crippen molar-refractivity contribution in [3.63, 3.8) is 0 Å². The molecule has 0 radical (unpaired) electrons. The molecule has 6 rings (SSSR count). The van der Waals surface area contributed by atoms with Crippen LogP contribution in [-0.4, -0.2) is 45.3 Å². The van der Waals surface area contributed by atoms with E-state index in [1.165, 1.54) is 11.6 Å². The maximum Gasteiger partial charge on any atom is 0.113 e. The first-order valence-corrected chi connectivity index (χ1v) is 16.1. The third-order valence-electron chi connectivity index (χ3n) is 8.56. The molecule has 2 aromatic heterocycles. The van der Waals surface area contributed by atoms with Gasteiger partial charge in [0.1, 0.15) is 11.6 Å². The molecule has 2 saturated heterocycles. The number of hydrogen-bond donors (Lipinski definition) is 2. The summed E-state index contributed by atoms with van der Waals surface area (Å²) >= 11 is 25.5. The average molecular weight is 622 g/mol. The molecule has 0 aliphatic carbocycles. The van der Waals surface area contributed by atoms with Crippen LogP contribution in [0, 0.1) is 0 Å². The van der Waals surface area contributed by atoms with Crippen molar-refractivity contribution < 1.29 is 0 Å². The van der Waals surface area contributed by atoms with Crippen molar-refractivity contribution in [1.29, 1.82) is 0 Å². The number of unbranched alkanes of at least 4 members (excludes halogenated alkanes) is 3. The number of fused-ring (bicyclic) bond motifs is 2. The maximum absolute atomic E-state index is 6.43. The largest absolute Gasteiger partial charge is 0.328 e. The Hall–Kier alpha value is -1.54.